The Morgan fingerprint density at radius 2 is 2.14 bits per heavy atom. The Bertz CT molecular complexity index is 549. The average Bonchev–Trinajstić information content (AvgIpc) is 3.08. The molecule has 2 rings (SSSR count). The zero-order valence-corrected chi connectivity index (χ0v) is 13.5. The Labute approximate surface area is 126 Å². The van der Waals surface area contributed by atoms with Crippen LogP contribution < -0.4 is 10.0 Å². The van der Waals surface area contributed by atoms with Gasteiger partial charge in [-0.1, -0.05) is 6.92 Å². The molecule has 0 atom stereocenters. The lowest BCUT2D eigenvalue weighted by atomic mass is 10.0. The van der Waals surface area contributed by atoms with Crippen LogP contribution in [0.4, 0.5) is 0 Å². The second kappa shape index (κ2) is 6.91. The maximum atomic E-state index is 12.2. The van der Waals surface area contributed by atoms with Gasteiger partial charge in [0, 0.05) is 20.3 Å². The maximum absolute atomic E-state index is 12.2. The van der Waals surface area contributed by atoms with Crippen LogP contribution in [0.3, 0.4) is 0 Å². The van der Waals surface area contributed by atoms with Crippen molar-refractivity contribution in [2.24, 2.45) is 5.41 Å². The first-order valence-electron chi connectivity index (χ1n) is 7.29. The standard InChI is InChI=1S/C14H24N2O4S/c1-3-15-10-12-4-5-13(20-12)21(17,18)16-11-14(6-7-14)8-9-19-2/h4-5,15-16H,3,6-11H2,1-2H3. The summed E-state index contributed by atoms with van der Waals surface area (Å²) in [6, 6.07) is 3.19. The second-order valence-electron chi connectivity index (χ2n) is 5.57. The summed E-state index contributed by atoms with van der Waals surface area (Å²) in [4.78, 5) is 0. The van der Waals surface area contributed by atoms with Crippen molar-refractivity contribution in [1.29, 1.82) is 0 Å². The second-order valence-corrected chi connectivity index (χ2v) is 7.27. The van der Waals surface area contributed by atoms with E-state index in [2.05, 4.69) is 10.0 Å². The van der Waals surface area contributed by atoms with Gasteiger partial charge in [-0.25, -0.2) is 13.1 Å². The first-order valence-corrected chi connectivity index (χ1v) is 8.78. The van der Waals surface area contributed by atoms with Crippen molar-refractivity contribution >= 4 is 10.0 Å². The summed E-state index contributed by atoms with van der Waals surface area (Å²) in [5.41, 5.74) is 0.0717. The van der Waals surface area contributed by atoms with Crippen LogP contribution in [0.5, 0.6) is 0 Å². The first kappa shape index (κ1) is 16.5. The number of furan rings is 1. The Morgan fingerprint density at radius 1 is 1.38 bits per heavy atom. The van der Waals surface area contributed by atoms with E-state index in [9.17, 15) is 8.42 Å². The summed E-state index contributed by atoms with van der Waals surface area (Å²) >= 11 is 0. The van der Waals surface area contributed by atoms with E-state index in [4.69, 9.17) is 9.15 Å². The normalized spacial score (nSPS) is 17.0. The highest BCUT2D eigenvalue weighted by molar-refractivity contribution is 7.89. The average molecular weight is 316 g/mol. The van der Waals surface area contributed by atoms with Crippen molar-refractivity contribution in [2.75, 3.05) is 26.8 Å². The van der Waals surface area contributed by atoms with Gasteiger partial charge in [-0.15, -0.1) is 0 Å². The molecule has 0 aliphatic heterocycles. The van der Waals surface area contributed by atoms with Crippen LogP contribution in [-0.4, -0.2) is 35.2 Å². The molecule has 120 valence electrons. The van der Waals surface area contributed by atoms with Gasteiger partial charge in [0.25, 0.3) is 10.0 Å². The van der Waals surface area contributed by atoms with Gasteiger partial charge in [0.15, 0.2) is 0 Å². The topological polar surface area (TPSA) is 80.6 Å². The van der Waals surface area contributed by atoms with Crippen molar-refractivity contribution in [2.45, 2.75) is 37.8 Å². The Balaban J connectivity index is 1.91. The van der Waals surface area contributed by atoms with E-state index in [0.29, 0.717) is 25.5 Å². The molecule has 0 bridgehead atoms. The quantitative estimate of drug-likeness (QED) is 0.683. The summed E-state index contributed by atoms with van der Waals surface area (Å²) in [6.07, 6.45) is 2.97. The zero-order chi connectivity index (χ0) is 15.3. The lowest BCUT2D eigenvalue weighted by Gasteiger charge is -2.14. The molecule has 1 aromatic rings. The van der Waals surface area contributed by atoms with Crippen LogP contribution in [0.25, 0.3) is 0 Å². The molecule has 0 saturated heterocycles. The van der Waals surface area contributed by atoms with Crippen LogP contribution in [0.15, 0.2) is 21.6 Å². The van der Waals surface area contributed by atoms with E-state index in [0.717, 1.165) is 25.8 Å². The van der Waals surface area contributed by atoms with Crippen LogP contribution in [0, 0.1) is 5.41 Å². The number of ether oxygens (including phenoxy) is 1. The molecule has 21 heavy (non-hydrogen) atoms. The highest BCUT2D eigenvalue weighted by Crippen LogP contribution is 2.48. The van der Waals surface area contributed by atoms with Crippen molar-refractivity contribution < 1.29 is 17.6 Å². The van der Waals surface area contributed by atoms with Crippen LogP contribution in [-0.2, 0) is 21.3 Å². The summed E-state index contributed by atoms with van der Waals surface area (Å²) in [5.74, 6) is 0.623. The van der Waals surface area contributed by atoms with E-state index in [1.54, 1.807) is 13.2 Å². The van der Waals surface area contributed by atoms with Gasteiger partial charge in [0.1, 0.15) is 5.76 Å². The SMILES string of the molecule is CCNCc1ccc(S(=O)(=O)NCC2(CCOC)CC2)o1. The minimum Gasteiger partial charge on any atom is -0.447 e. The molecule has 1 heterocycles. The maximum Gasteiger partial charge on any atom is 0.273 e. The van der Waals surface area contributed by atoms with E-state index >= 15 is 0 Å². The largest absolute Gasteiger partial charge is 0.447 e. The van der Waals surface area contributed by atoms with Crippen molar-refractivity contribution in [1.82, 2.24) is 10.0 Å². The van der Waals surface area contributed by atoms with E-state index in [-0.39, 0.29) is 10.5 Å². The molecule has 6 nitrogen and oxygen atoms in total. The van der Waals surface area contributed by atoms with Gasteiger partial charge >= 0.3 is 0 Å². The number of rotatable bonds is 10. The molecule has 2 N–H and O–H groups in total. The fraction of sp³-hybridized carbons (Fsp3) is 0.714. The van der Waals surface area contributed by atoms with Crippen molar-refractivity contribution in [3.63, 3.8) is 0 Å². The summed E-state index contributed by atoms with van der Waals surface area (Å²) in [6.45, 7) is 4.43. The molecule has 1 aromatic heterocycles. The molecular formula is C14H24N2O4S. The number of hydrogen-bond acceptors (Lipinski definition) is 5. The monoisotopic (exact) mass is 316 g/mol. The molecule has 1 saturated carbocycles. The van der Waals surface area contributed by atoms with Gasteiger partial charge < -0.3 is 14.5 Å². The van der Waals surface area contributed by atoms with Crippen molar-refractivity contribution in [3.05, 3.63) is 17.9 Å². The third-order valence-corrected chi connectivity index (χ3v) is 5.16. The molecular weight excluding hydrogens is 292 g/mol. The molecule has 1 aliphatic rings. The highest BCUT2D eigenvalue weighted by atomic mass is 32.2. The number of sulfonamides is 1. The third kappa shape index (κ3) is 4.54. The fourth-order valence-corrected chi connectivity index (χ4v) is 3.28. The lowest BCUT2D eigenvalue weighted by molar-refractivity contribution is 0.173. The van der Waals surface area contributed by atoms with Crippen LogP contribution in [0.2, 0.25) is 0 Å². The van der Waals surface area contributed by atoms with Gasteiger partial charge in [0.2, 0.25) is 5.09 Å². The molecule has 0 unspecified atom stereocenters. The third-order valence-electron chi connectivity index (χ3n) is 3.88. The Kier molecular flexibility index (Phi) is 5.43. The van der Waals surface area contributed by atoms with Crippen LogP contribution in [0.1, 0.15) is 31.9 Å². The molecule has 0 spiro atoms. The van der Waals surface area contributed by atoms with Crippen LogP contribution >= 0.6 is 0 Å². The molecule has 0 aromatic carbocycles. The molecule has 1 fully saturated rings. The minimum atomic E-state index is -3.57. The predicted molar refractivity (Wildman–Crippen MR) is 79.4 cm³/mol. The fourth-order valence-electron chi connectivity index (χ4n) is 2.18. The van der Waals surface area contributed by atoms with E-state index in [1.165, 1.54) is 6.07 Å². The summed E-state index contributed by atoms with van der Waals surface area (Å²) in [7, 11) is -1.91. The summed E-state index contributed by atoms with van der Waals surface area (Å²) < 4.78 is 37.5. The molecule has 0 amide bonds. The van der Waals surface area contributed by atoms with Gasteiger partial charge in [-0.2, -0.15) is 0 Å². The van der Waals surface area contributed by atoms with Gasteiger partial charge in [-0.05, 0) is 43.4 Å². The zero-order valence-electron chi connectivity index (χ0n) is 12.6. The van der Waals surface area contributed by atoms with E-state index < -0.39 is 10.0 Å². The number of methoxy groups -OCH3 is 1. The first-order chi connectivity index (χ1) is 10.0. The van der Waals surface area contributed by atoms with E-state index in [1.807, 2.05) is 6.92 Å². The Hall–Kier alpha value is -0.890. The predicted octanol–water partition coefficient (Wildman–Crippen LogP) is 1.48. The van der Waals surface area contributed by atoms with Gasteiger partial charge in [0.05, 0.1) is 6.54 Å². The molecule has 1 aliphatic carbocycles. The summed E-state index contributed by atoms with van der Waals surface area (Å²) in [5, 5.41) is 3.08. The number of nitrogens with one attached hydrogen (secondary N) is 2. The number of hydrogen-bond donors (Lipinski definition) is 2. The molecule has 7 heteroatoms. The van der Waals surface area contributed by atoms with Gasteiger partial charge in [-0.3, -0.25) is 0 Å². The lowest BCUT2D eigenvalue weighted by Crippen LogP contribution is -2.30. The molecule has 0 radical (unpaired) electrons. The van der Waals surface area contributed by atoms with Crippen molar-refractivity contribution in [3.8, 4) is 0 Å². The smallest absolute Gasteiger partial charge is 0.273 e. The minimum absolute atomic E-state index is 0.0158. The Morgan fingerprint density at radius 3 is 2.76 bits per heavy atom. The highest BCUT2D eigenvalue weighted by Gasteiger charge is 2.42.